The van der Waals surface area contributed by atoms with Crippen LogP contribution in [-0.2, 0) is 19.1 Å². The van der Waals surface area contributed by atoms with Crippen molar-refractivity contribution >= 4 is 22.9 Å². The van der Waals surface area contributed by atoms with Gasteiger partial charge in [0, 0.05) is 18.0 Å². The van der Waals surface area contributed by atoms with Gasteiger partial charge in [-0.2, -0.15) is 13.2 Å². The number of rotatable bonds is 5. The lowest BCUT2D eigenvalue weighted by molar-refractivity contribution is -0.140. The zero-order valence-electron chi connectivity index (χ0n) is 10.8. The summed E-state index contributed by atoms with van der Waals surface area (Å²) >= 11 is 7.27. The third kappa shape index (κ3) is 4.69. The quantitative estimate of drug-likeness (QED) is 0.605. The molecule has 0 unspecified atom stereocenters. The van der Waals surface area contributed by atoms with Crippen LogP contribution < -0.4 is 5.32 Å². The second-order valence-corrected chi connectivity index (χ2v) is 6.24. The molecule has 0 aliphatic rings. The summed E-state index contributed by atoms with van der Waals surface area (Å²) in [4.78, 5) is 1.10. The topological polar surface area (TPSA) is 12.0 Å². The summed E-state index contributed by atoms with van der Waals surface area (Å²) in [6.45, 7) is 0.859. The van der Waals surface area contributed by atoms with Gasteiger partial charge in [-0.05, 0) is 36.2 Å². The molecular weight excluding hydrogens is 326 g/mol. The molecule has 0 atom stereocenters. The predicted octanol–water partition coefficient (Wildman–Crippen LogP) is 4.89. The maximum Gasteiger partial charge on any atom is 0.419 e. The summed E-state index contributed by atoms with van der Waals surface area (Å²) in [5.41, 5.74) is -0.834. The molecule has 2 aromatic rings. The van der Waals surface area contributed by atoms with Crippen LogP contribution in [0.25, 0.3) is 0 Å². The number of nitrogens with one attached hydrogen (secondary N) is 1. The van der Waals surface area contributed by atoms with Crippen LogP contribution in [0.3, 0.4) is 0 Å². The minimum Gasteiger partial charge on any atom is -0.312 e. The molecule has 1 heterocycles. The molecule has 0 aliphatic carbocycles. The Labute approximate surface area is 128 Å². The van der Waals surface area contributed by atoms with Crippen molar-refractivity contribution in [3.63, 3.8) is 0 Å². The van der Waals surface area contributed by atoms with Crippen molar-refractivity contribution in [1.29, 1.82) is 0 Å². The van der Waals surface area contributed by atoms with Gasteiger partial charge >= 0.3 is 6.18 Å². The molecule has 1 aromatic carbocycles. The molecule has 0 bridgehead atoms. The molecule has 0 radical (unpaired) electrons. The molecule has 0 saturated heterocycles. The second kappa shape index (κ2) is 6.77. The summed E-state index contributed by atoms with van der Waals surface area (Å²) in [5.74, 6) is -1.25. The fourth-order valence-corrected chi connectivity index (χ4v) is 2.92. The van der Waals surface area contributed by atoms with Crippen LogP contribution in [0.5, 0.6) is 0 Å². The molecule has 1 N–H and O–H groups in total. The Morgan fingerprint density at radius 3 is 2.52 bits per heavy atom. The highest BCUT2D eigenvalue weighted by Gasteiger charge is 2.34. The van der Waals surface area contributed by atoms with Crippen molar-refractivity contribution in [3.8, 4) is 0 Å². The normalized spacial score (nSPS) is 11.9. The largest absolute Gasteiger partial charge is 0.419 e. The molecule has 0 amide bonds. The van der Waals surface area contributed by atoms with Crippen molar-refractivity contribution in [2.45, 2.75) is 19.1 Å². The first-order valence-corrected chi connectivity index (χ1v) is 7.36. The fourth-order valence-electron chi connectivity index (χ4n) is 1.83. The number of hydrogen-bond donors (Lipinski definition) is 1. The van der Waals surface area contributed by atoms with Gasteiger partial charge in [-0.25, -0.2) is 4.39 Å². The van der Waals surface area contributed by atoms with Gasteiger partial charge in [0.05, 0.1) is 9.90 Å². The Bertz CT molecular complexity index is 609. The Balaban J connectivity index is 1.89. The molecule has 0 spiro atoms. The zero-order valence-corrected chi connectivity index (χ0v) is 12.4. The lowest BCUT2D eigenvalue weighted by Gasteiger charge is -2.10. The first kappa shape index (κ1) is 16.3. The van der Waals surface area contributed by atoms with Crippen LogP contribution in [0.4, 0.5) is 17.6 Å². The summed E-state index contributed by atoms with van der Waals surface area (Å²) in [7, 11) is 0. The van der Waals surface area contributed by atoms with E-state index in [1.807, 2.05) is 6.07 Å². The molecule has 0 fully saturated rings. The van der Waals surface area contributed by atoms with Gasteiger partial charge in [0.15, 0.2) is 0 Å². The van der Waals surface area contributed by atoms with Crippen LogP contribution in [-0.4, -0.2) is 6.54 Å². The Kier molecular flexibility index (Phi) is 5.24. The van der Waals surface area contributed by atoms with Gasteiger partial charge in [-0.15, -0.1) is 11.3 Å². The van der Waals surface area contributed by atoms with Crippen molar-refractivity contribution in [3.05, 3.63) is 56.5 Å². The van der Waals surface area contributed by atoms with E-state index < -0.39 is 17.6 Å². The third-order valence-electron chi connectivity index (χ3n) is 2.84. The lowest BCUT2D eigenvalue weighted by Crippen LogP contribution is -2.17. The van der Waals surface area contributed by atoms with Crippen molar-refractivity contribution < 1.29 is 17.6 Å². The number of hydrogen-bond acceptors (Lipinski definition) is 2. The average Bonchev–Trinajstić information content (AvgIpc) is 2.81. The van der Waals surface area contributed by atoms with E-state index in [1.165, 1.54) is 17.4 Å². The van der Waals surface area contributed by atoms with Gasteiger partial charge in [-0.3, -0.25) is 0 Å². The molecular formula is C14H12ClF4NS. The fraction of sp³-hybridized carbons (Fsp3) is 0.286. The Morgan fingerprint density at radius 2 is 1.90 bits per heavy atom. The van der Waals surface area contributed by atoms with E-state index in [9.17, 15) is 17.6 Å². The van der Waals surface area contributed by atoms with E-state index in [-0.39, 0.29) is 6.54 Å². The molecule has 1 nitrogen and oxygen atoms in total. The molecule has 1 aromatic heterocycles. The van der Waals surface area contributed by atoms with Gasteiger partial charge in [0.1, 0.15) is 5.82 Å². The first-order chi connectivity index (χ1) is 9.86. The van der Waals surface area contributed by atoms with Crippen molar-refractivity contribution in [2.24, 2.45) is 0 Å². The van der Waals surface area contributed by atoms with E-state index in [0.717, 1.165) is 23.4 Å². The first-order valence-electron chi connectivity index (χ1n) is 6.17. The van der Waals surface area contributed by atoms with Gasteiger partial charge in [0.2, 0.25) is 0 Å². The molecule has 2 rings (SSSR count). The SMILES string of the molecule is Fc1ccc(CNCCc2ccc(Cl)s2)cc1C(F)(F)F. The van der Waals surface area contributed by atoms with E-state index >= 15 is 0 Å². The summed E-state index contributed by atoms with van der Waals surface area (Å²) < 4.78 is 51.5. The molecule has 7 heteroatoms. The monoisotopic (exact) mass is 337 g/mol. The smallest absolute Gasteiger partial charge is 0.312 e. The van der Waals surface area contributed by atoms with E-state index in [2.05, 4.69) is 5.32 Å². The van der Waals surface area contributed by atoms with Crippen molar-refractivity contribution in [2.75, 3.05) is 6.54 Å². The average molecular weight is 338 g/mol. The van der Waals surface area contributed by atoms with Crippen LogP contribution in [0.2, 0.25) is 4.34 Å². The number of thiophene rings is 1. The Morgan fingerprint density at radius 1 is 1.14 bits per heavy atom. The lowest BCUT2D eigenvalue weighted by atomic mass is 10.1. The van der Waals surface area contributed by atoms with Crippen LogP contribution in [0, 0.1) is 5.82 Å². The number of halogens is 5. The third-order valence-corrected chi connectivity index (χ3v) is 4.13. The van der Waals surface area contributed by atoms with Crippen molar-refractivity contribution in [1.82, 2.24) is 5.32 Å². The number of benzene rings is 1. The van der Waals surface area contributed by atoms with Crippen LogP contribution in [0.1, 0.15) is 16.0 Å². The van der Waals surface area contributed by atoms with E-state index in [1.54, 1.807) is 6.07 Å². The number of alkyl halides is 3. The van der Waals surface area contributed by atoms with Crippen LogP contribution in [0.15, 0.2) is 30.3 Å². The maximum absolute atomic E-state index is 13.1. The van der Waals surface area contributed by atoms with E-state index in [4.69, 9.17) is 11.6 Å². The van der Waals surface area contributed by atoms with Crippen LogP contribution >= 0.6 is 22.9 Å². The summed E-state index contributed by atoms with van der Waals surface area (Å²) in [6.07, 6.45) is -3.93. The minimum atomic E-state index is -4.67. The zero-order chi connectivity index (χ0) is 15.5. The Hall–Kier alpha value is -1.11. The molecule has 21 heavy (non-hydrogen) atoms. The maximum atomic E-state index is 13.1. The summed E-state index contributed by atoms with van der Waals surface area (Å²) in [6, 6.07) is 6.74. The molecule has 114 valence electrons. The van der Waals surface area contributed by atoms with Gasteiger partial charge < -0.3 is 5.32 Å². The highest BCUT2D eigenvalue weighted by atomic mass is 35.5. The van der Waals surface area contributed by atoms with Gasteiger partial charge in [0.25, 0.3) is 0 Å². The minimum absolute atomic E-state index is 0.252. The van der Waals surface area contributed by atoms with Gasteiger partial charge in [-0.1, -0.05) is 17.7 Å². The highest BCUT2D eigenvalue weighted by Crippen LogP contribution is 2.31. The standard InChI is InChI=1S/C14H12ClF4NS/c15-13-4-2-10(21-13)5-6-20-8-9-1-3-12(16)11(7-9)14(17,18)19/h1-4,7,20H,5-6,8H2. The molecule has 0 saturated carbocycles. The second-order valence-electron chi connectivity index (χ2n) is 4.44. The predicted molar refractivity (Wildman–Crippen MR) is 76.1 cm³/mol. The summed E-state index contributed by atoms with van der Waals surface area (Å²) in [5, 5.41) is 3.03. The highest BCUT2D eigenvalue weighted by molar-refractivity contribution is 7.16. The van der Waals surface area contributed by atoms with E-state index in [0.29, 0.717) is 16.4 Å². The molecule has 0 aliphatic heterocycles.